The van der Waals surface area contributed by atoms with Crippen LogP contribution in [0.3, 0.4) is 0 Å². The van der Waals surface area contributed by atoms with Gasteiger partial charge >= 0.3 is 6.72 Å². The summed E-state index contributed by atoms with van der Waals surface area (Å²) in [6.45, 7) is 6.66. The molecular weight excluding hydrogens is 451 g/mol. The number of benzene rings is 1. The van der Waals surface area contributed by atoms with Gasteiger partial charge in [0.2, 0.25) is 0 Å². The van der Waals surface area contributed by atoms with Gasteiger partial charge in [-0.15, -0.1) is 0 Å². The minimum absolute atomic E-state index is 0.0706. The highest BCUT2D eigenvalue weighted by molar-refractivity contribution is 8.07. The number of unbranched alkanes of at least 4 members (excludes halogenated alkanes) is 1. The first-order valence-corrected chi connectivity index (χ1v) is 13.7. The van der Waals surface area contributed by atoms with Gasteiger partial charge in [-0.05, 0) is 77.3 Å². The number of hydrogen-bond acceptors (Lipinski definition) is 8. The first-order chi connectivity index (χ1) is 15.1. The Bertz CT molecular complexity index is 707. The normalized spacial score (nSPS) is 21.9. The number of hydrogen-bond donors (Lipinski definition) is 0. The van der Waals surface area contributed by atoms with Gasteiger partial charge in [0.15, 0.2) is 6.29 Å². The van der Waals surface area contributed by atoms with Crippen molar-refractivity contribution in [1.82, 2.24) is 0 Å². The Kier molecular flexibility index (Phi) is 11.5. The molecule has 9 heteroatoms. The summed E-state index contributed by atoms with van der Waals surface area (Å²) in [6, 6.07) is 7.76. The summed E-state index contributed by atoms with van der Waals surface area (Å²) in [5, 5.41) is 0. The molecule has 1 fully saturated rings. The maximum Gasteiger partial charge on any atom is 0.327 e. The highest BCUT2D eigenvalue weighted by atomic mass is 32.5. The van der Waals surface area contributed by atoms with Gasteiger partial charge < -0.3 is 32.5 Å². The minimum atomic E-state index is -2.85. The van der Waals surface area contributed by atoms with Crippen molar-refractivity contribution in [2.45, 2.75) is 77.5 Å². The second-order valence-electron chi connectivity index (χ2n) is 8.87. The van der Waals surface area contributed by atoms with Crippen molar-refractivity contribution in [2.75, 3.05) is 34.0 Å². The molecule has 0 aliphatic carbocycles. The average molecular weight is 491 g/mol. The Hall–Kier alpha value is -0.570. The van der Waals surface area contributed by atoms with Crippen LogP contribution in [0.5, 0.6) is 5.75 Å². The molecule has 1 saturated heterocycles. The second kappa shape index (κ2) is 13.4. The standard InChI is InChI=1S/C23H39O7PS/c1-18(14-16-24-5)29-31(32,30-23(2,3)4)27-15-8-7-9-21-17-26-22(28-21)19-10-12-20(25-6)13-11-19/h10-13,18,21-22H,7-9,14-17H2,1-6H3. The van der Waals surface area contributed by atoms with E-state index in [1.807, 2.05) is 52.0 Å². The maximum absolute atomic E-state index is 6.05. The minimum Gasteiger partial charge on any atom is -0.497 e. The third-order valence-corrected chi connectivity index (χ3v) is 7.42. The van der Waals surface area contributed by atoms with E-state index in [0.29, 0.717) is 19.8 Å². The zero-order valence-electron chi connectivity index (χ0n) is 20.2. The summed E-state index contributed by atoms with van der Waals surface area (Å²) in [4.78, 5) is 0. The van der Waals surface area contributed by atoms with Gasteiger partial charge in [-0.3, -0.25) is 0 Å². The Morgan fingerprint density at radius 1 is 1.12 bits per heavy atom. The van der Waals surface area contributed by atoms with E-state index in [4.69, 9.17) is 44.3 Å². The molecule has 0 aromatic heterocycles. The fourth-order valence-electron chi connectivity index (χ4n) is 3.16. The van der Waals surface area contributed by atoms with E-state index in [0.717, 1.165) is 37.0 Å². The molecule has 1 aliphatic heterocycles. The van der Waals surface area contributed by atoms with E-state index in [2.05, 4.69) is 0 Å². The number of rotatable bonds is 14. The molecule has 0 N–H and O–H groups in total. The molecule has 1 heterocycles. The van der Waals surface area contributed by atoms with Crippen molar-refractivity contribution < 1.29 is 32.5 Å². The molecule has 1 aromatic carbocycles. The van der Waals surface area contributed by atoms with E-state index in [-0.39, 0.29) is 18.5 Å². The fraction of sp³-hybridized carbons (Fsp3) is 0.739. The smallest absolute Gasteiger partial charge is 0.327 e. The van der Waals surface area contributed by atoms with Crippen LogP contribution in [0.1, 0.15) is 65.2 Å². The highest BCUT2D eigenvalue weighted by Gasteiger charge is 2.30. The molecule has 0 bridgehead atoms. The molecule has 0 amide bonds. The van der Waals surface area contributed by atoms with Crippen LogP contribution in [0.4, 0.5) is 0 Å². The van der Waals surface area contributed by atoms with Crippen LogP contribution in [-0.4, -0.2) is 51.8 Å². The largest absolute Gasteiger partial charge is 0.497 e. The maximum atomic E-state index is 6.05. The van der Waals surface area contributed by atoms with Gasteiger partial charge in [-0.1, -0.05) is 12.1 Å². The zero-order valence-corrected chi connectivity index (χ0v) is 21.9. The van der Waals surface area contributed by atoms with Crippen LogP contribution >= 0.6 is 6.72 Å². The van der Waals surface area contributed by atoms with Crippen LogP contribution < -0.4 is 4.74 Å². The third kappa shape index (κ3) is 10.1. The average Bonchev–Trinajstić information content (AvgIpc) is 3.19. The van der Waals surface area contributed by atoms with Gasteiger partial charge in [0.25, 0.3) is 0 Å². The molecule has 7 nitrogen and oxygen atoms in total. The second-order valence-corrected chi connectivity index (χ2v) is 11.8. The van der Waals surface area contributed by atoms with E-state index in [1.54, 1.807) is 14.2 Å². The van der Waals surface area contributed by atoms with Crippen molar-refractivity contribution in [3.8, 4) is 5.75 Å². The molecule has 4 unspecified atom stereocenters. The van der Waals surface area contributed by atoms with Gasteiger partial charge in [-0.25, -0.2) is 0 Å². The van der Waals surface area contributed by atoms with Crippen molar-refractivity contribution in [3.63, 3.8) is 0 Å². The van der Waals surface area contributed by atoms with Crippen LogP contribution in [0.15, 0.2) is 24.3 Å². The topological polar surface area (TPSA) is 64.6 Å². The Balaban J connectivity index is 1.73. The summed E-state index contributed by atoms with van der Waals surface area (Å²) in [7, 11) is 3.32. The lowest BCUT2D eigenvalue weighted by atomic mass is 10.2. The summed E-state index contributed by atoms with van der Waals surface area (Å²) < 4.78 is 40.2. The van der Waals surface area contributed by atoms with Crippen LogP contribution in [0.25, 0.3) is 0 Å². The summed E-state index contributed by atoms with van der Waals surface area (Å²) in [6.07, 6.45) is 3.06. The van der Waals surface area contributed by atoms with Crippen molar-refractivity contribution in [1.29, 1.82) is 0 Å². The van der Waals surface area contributed by atoms with E-state index in [9.17, 15) is 0 Å². The van der Waals surface area contributed by atoms with Gasteiger partial charge in [-0.2, -0.15) is 0 Å². The molecule has 32 heavy (non-hydrogen) atoms. The van der Waals surface area contributed by atoms with Crippen molar-refractivity contribution in [2.24, 2.45) is 0 Å². The Morgan fingerprint density at radius 3 is 2.47 bits per heavy atom. The predicted molar refractivity (Wildman–Crippen MR) is 129 cm³/mol. The van der Waals surface area contributed by atoms with Crippen LogP contribution in [0.2, 0.25) is 0 Å². The SMILES string of the molecule is COCCC(C)OP(=S)(OCCCCC1COC(c2ccc(OC)cc2)O1)OC(C)(C)C. The van der Waals surface area contributed by atoms with Crippen molar-refractivity contribution >= 4 is 18.5 Å². The molecule has 1 aromatic rings. The number of methoxy groups -OCH3 is 2. The molecule has 0 saturated carbocycles. The van der Waals surface area contributed by atoms with Crippen molar-refractivity contribution in [3.05, 3.63) is 29.8 Å². The lowest BCUT2D eigenvalue weighted by Crippen LogP contribution is -2.21. The number of ether oxygens (including phenoxy) is 4. The summed E-state index contributed by atoms with van der Waals surface area (Å²) >= 11 is 5.67. The summed E-state index contributed by atoms with van der Waals surface area (Å²) in [5.74, 6) is 0.816. The van der Waals surface area contributed by atoms with E-state index >= 15 is 0 Å². The first-order valence-electron chi connectivity index (χ1n) is 11.2. The summed E-state index contributed by atoms with van der Waals surface area (Å²) in [5.41, 5.74) is 0.554. The van der Waals surface area contributed by atoms with Crippen LogP contribution in [0, 0.1) is 0 Å². The molecule has 4 atom stereocenters. The third-order valence-electron chi connectivity index (χ3n) is 4.73. The fourth-order valence-corrected chi connectivity index (χ4v) is 6.22. The first kappa shape index (κ1) is 27.7. The Morgan fingerprint density at radius 2 is 1.84 bits per heavy atom. The van der Waals surface area contributed by atoms with E-state index in [1.165, 1.54) is 0 Å². The molecule has 1 aliphatic rings. The molecule has 0 spiro atoms. The van der Waals surface area contributed by atoms with Gasteiger partial charge in [0.05, 0.1) is 38.1 Å². The lowest BCUT2D eigenvalue weighted by Gasteiger charge is -2.31. The van der Waals surface area contributed by atoms with E-state index < -0.39 is 12.3 Å². The predicted octanol–water partition coefficient (Wildman–Crippen LogP) is 5.78. The van der Waals surface area contributed by atoms with Gasteiger partial charge in [0, 0.05) is 19.3 Å². The molecule has 184 valence electrons. The monoisotopic (exact) mass is 490 g/mol. The molecule has 0 radical (unpaired) electrons. The quantitative estimate of drug-likeness (QED) is 0.240. The lowest BCUT2D eigenvalue weighted by molar-refractivity contribution is -0.0614. The Labute approximate surface area is 198 Å². The highest BCUT2D eigenvalue weighted by Crippen LogP contribution is 2.54. The zero-order chi connectivity index (χ0) is 23.6. The molecule has 2 rings (SSSR count). The molecular formula is C23H39O7PS. The van der Waals surface area contributed by atoms with Crippen LogP contribution in [-0.2, 0) is 39.6 Å². The van der Waals surface area contributed by atoms with Gasteiger partial charge in [0.1, 0.15) is 5.75 Å².